The quantitative estimate of drug-likeness (QED) is 0.177. The van der Waals surface area contributed by atoms with Crippen molar-refractivity contribution in [2.75, 3.05) is 11.9 Å². The van der Waals surface area contributed by atoms with Gasteiger partial charge in [-0.25, -0.2) is 4.79 Å². The average Bonchev–Trinajstić information content (AvgIpc) is 3.30. The molecule has 4 aromatic carbocycles. The molecule has 0 unspecified atom stereocenters. The molecular formula is C36H33F3N2O4. The van der Waals surface area contributed by atoms with Crippen LogP contribution in [0.3, 0.4) is 0 Å². The third-order valence-electron chi connectivity index (χ3n) is 7.20. The zero-order valence-electron chi connectivity index (χ0n) is 25.4. The first-order valence-electron chi connectivity index (χ1n) is 14.5. The number of nitrogens with zero attached hydrogens (tertiary/aromatic N) is 1. The molecule has 1 aromatic heterocycles. The number of carbonyl (C=O) groups excluding carboxylic acids is 2. The molecule has 45 heavy (non-hydrogen) atoms. The molecule has 0 saturated carbocycles. The molecule has 6 nitrogen and oxygen atoms in total. The van der Waals surface area contributed by atoms with Crippen LogP contribution < -0.4 is 10.1 Å². The minimum atomic E-state index is -4.84. The van der Waals surface area contributed by atoms with E-state index in [1.165, 1.54) is 18.2 Å². The van der Waals surface area contributed by atoms with Crippen LogP contribution in [0.1, 0.15) is 43.7 Å². The zero-order valence-corrected chi connectivity index (χ0v) is 25.4. The lowest BCUT2D eigenvalue weighted by Crippen LogP contribution is -2.27. The van der Waals surface area contributed by atoms with Crippen LogP contribution >= 0.6 is 0 Å². The van der Waals surface area contributed by atoms with E-state index in [1.54, 1.807) is 17.6 Å². The summed E-state index contributed by atoms with van der Waals surface area (Å²) >= 11 is 0. The van der Waals surface area contributed by atoms with Gasteiger partial charge in [0.15, 0.2) is 0 Å². The minimum absolute atomic E-state index is 0.0671. The van der Waals surface area contributed by atoms with Crippen LogP contribution in [0.2, 0.25) is 0 Å². The predicted octanol–water partition coefficient (Wildman–Crippen LogP) is 9.08. The Morgan fingerprint density at radius 1 is 0.800 bits per heavy atom. The van der Waals surface area contributed by atoms with E-state index in [0.29, 0.717) is 22.3 Å². The van der Waals surface area contributed by atoms with Gasteiger partial charge in [-0.15, -0.1) is 13.2 Å². The second-order valence-corrected chi connectivity index (χ2v) is 11.6. The summed E-state index contributed by atoms with van der Waals surface area (Å²) in [5.41, 5.74) is 4.62. The van der Waals surface area contributed by atoms with Gasteiger partial charge in [-0.2, -0.15) is 0 Å². The summed E-state index contributed by atoms with van der Waals surface area (Å²) < 4.78 is 50.5. The second-order valence-electron chi connectivity index (χ2n) is 11.6. The van der Waals surface area contributed by atoms with Gasteiger partial charge in [0.1, 0.15) is 11.4 Å². The standard InChI is InChI=1S/C36H33F3N2O4/c1-5-44-33(42)32-31(24-12-7-6-8-13-24)29-18-17-26(25-14-10-15-27(20-25)40-34(43)35(2,3)4)21-30(29)41(32)22-23-11-9-16-28(19-23)45-36(37,38)39/h6-21H,5,22H2,1-4H3,(H,40,43). The van der Waals surface area contributed by atoms with Crippen LogP contribution in [0.4, 0.5) is 18.9 Å². The number of ether oxygens (including phenoxy) is 2. The van der Waals surface area contributed by atoms with Crippen LogP contribution in [0.5, 0.6) is 5.75 Å². The topological polar surface area (TPSA) is 69.6 Å². The van der Waals surface area contributed by atoms with Crippen molar-refractivity contribution in [1.82, 2.24) is 4.57 Å². The fourth-order valence-electron chi connectivity index (χ4n) is 5.12. The molecular weight excluding hydrogens is 581 g/mol. The summed E-state index contributed by atoms with van der Waals surface area (Å²) in [7, 11) is 0. The average molecular weight is 615 g/mol. The van der Waals surface area contributed by atoms with E-state index < -0.39 is 17.7 Å². The first kappa shape index (κ1) is 31.4. The van der Waals surface area contributed by atoms with Crippen LogP contribution in [0, 0.1) is 5.41 Å². The fraction of sp³-hybridized carbons (Fsp3) is 0.222. The van der Waals surface area contributed by atoms with Gasteiger partial charge < -0.3 is 19.4 Å². The Balaban J connectivity index is 1.70. The lowest BCUT2D eigenvalue weighted by molar-refractivity contribution is -0.274. The molecule has 1 amide bonds. The van der Waals surface area contributed by atoms with Crippen LogP contribution in [-0.2, 0) is 16.1 Å². The normalized spacial score (nSPS) is 11.8. The van der Waals surface area contributed by atoms with Crippen LogP contribution in [0.15, 0.2) is 97.1 Å². The van der Waals surface area contributed by atoms with E-state index in [9.17, 15) is 22.8 Å². The molecule has 0 atom stereocenters. The summed E-state index contributed by atoms with van der Waals surface area (Å²) in [5, 5.41) is 3.73. The van der Waals surface area contributed by atoms with E-state index in [0.717, 1.165) is 22.1 Å². The van der Waals surface area contributed by atoms with Crippen molar-refractivity contribution in [3.8, 4) is 28.0 Å². The second kappa shape index (κ2) is 12.5. The zero-order chi connectivity index (χ0) is 32.4. The van der Waals surface area contributed by atoms with Crippen molar-refractivity contribution in [2.24, 2.45) is 5.41 Å². The predicted molar refractivity (Wildman–Crippen MR) is 169 cm³/mol. The number of anilines is 1. The first-order valence-corrected chi connectivity index (χ1v) is 14.5. The van der Waals surface area contributed by atoms with Gasteiger partial charge >= 0.3 is 12.3 Å². The molecule has 0 spiro atoms. The maximum absolute atomic E-state index is 13.6. The molecule has 5 rings (SSSR count). The van der Waals surface area contributed by atoms with Crippen molar-refractivity contribution in [3.05, 3.63) is 108 Å². The molecule has 0 aliphatic rings. The molecule has 232 valence electrons. The van der Waals surface area contributed by atoms with Crippen LogP contribution in [0.25, 0.3) is 33.2 Å². The highest BCUT2D eigenvalue weighted by atomic mass is 19.4. The highest BCUT2D eigenvalue weighted by Crippen LogP contribution is 2.39. The Bertz CT molecular complexity index is 1850. The number of amides is 1. The fourth-order valence-corrected chi connectivity index (χ4v) is 5.12. The van der Waals surface area contributed by atoms with Crippen molar-refractivity contribution in [2.45, 2.75) is 40.6 Å². The summed E-state index contributed by atoms with van der Waals surface area (Å²) in [5.74, 6) is -1.02. The number of nitrogens with one attached hydrogen (secondary N) is 1. The van der Waals surface area contributed by atoms with Gasteiger partial charge in [-0.1, -0.05) is 87.5 Å². The van der Waals surface area contributed by atoms with Crippen molar-refractivity contribution < 1.29 is 32.2 Å². The van der Waals surface area contributed by atoms with E-state index >= 15 is 0 Å². The molecule has 0 aliphatic carbocycles. The molecule has 1 N–H and O–H groups in total. The lowest BCUT2D eigenvalue weighted by Gasteiger charge is -2.18. The highest BCUT2D eigenvalue weighted by molar-refractivity contribution is 6.09. The number of esters is 1. The summed E-state index contributed by atoms with van der Waals surface area (Å²) in [4.78, 5) is 26.2. The van der Waals surface area contributed by atoms with Gasteiger partial charge in [-0.3, -0.25) is 4.79 Å². The molecule has 1 heterocycles. The highest BCUT2D eigenvalue weighted by Gasteiger charge is 2.31. The van der Waals surface area contributed by atoms with Gasteiger partial charge in [0.05, 0.1) is 12.1 Å². The summed E-state index contributed by atoms with van der Waals surface area (Å²) in [6.45, 7) is 7.44. The van der Waals surface area contributed by atoms with Crippen molar-refractivity contribution in [3.63, 3.8) is 0 Å². The molecule has 0 aliphatic heterocycles. The number of alkyl halides is 3. The van der Waals surface area contributed by atoms with Gasteiger partial charge in [-0.05, 0) is 59.5 Å². The lowest BCUT2D eigenvalue weighted by atomic mass is 9.95. The SMILES string of the molecule is CCOC(=O)c1c(-c2ccccc2)c2ccc(-c3cccc(NC(=O)C(C)(C)C)c3)cc2n1Cc1cccc(OC(F)(F)F)c1. The number of fused-ring (bicyclic) bond motifs is 1. The number of carbonyl (C=O) groups is 2. The number of aromatic nitrogens is 1. The van der Waals surface area contributed by atoms with Gasteiger partial charge in [0, 0.05) is 28.6 Å². The molecule has 0 bridgehead atoms. The third-order valence-corrected chi connectivity index (χ3v) is 7.20. The number of hydrogen-bond donors (Lipinski definition) is 1. The molecule has 0 saturated heterocycles. The summed E-state index contributed by atoms with van der Waals surface area (Å²) in [6, 6.07) is 28.4. The Labute approximate surface area is 259 Å². The Kier molecular flexibility index (Phi) is 8.73. The number of rotatable bonds is 8. The van der Waals surface area contributed by atoms with Crippen molar-refractivity contribution >= 4 is 28.5 Å². The van der Waals surface area contributed by atoms with E-state index in [4.69, 9.17) is 4.74 Å². The van der Waals surface area contributed by atoms with Gasteiger partial charge in [0.25, 0.3) is 0 Å². The monoisotopic (exact) mass is 614 g/mol. The largest absolute Gasteiger partial charge is 0.573 e. The van der Waals surface area contributed by atoms with Crippen molar-refractivity contribution in [1.29, 1.82) is 0 Å². The molecule has 9 heteroatoms. The first-order chi connectivity index (χ1) is 21.3. The third kappa shape index (κ3) is 7.20. The van der Waals surface area contributed by atoms with E-state index in [2.05, 4.69) is 10.1 Å². The maximum Gasteiger partial charge on any atom is 0.573 e. The van der Waals surface area contributed by atoms with E-state index in [1.807, 2.05) is 93.6 Å². The molecule has 5 aromatic rings. The Hall–Kier alpha value is -5.05. The number of benzene rings is 4. The van der Waals surface area contributed by atoms with Gasteiger partial charge in [0.2, 0.25) is 5.91 Å². The number of hydrogen-bond acceptors (Lipinski definition) is 4. The number of halogens is 3. The minimum Gasteiger partial charge on any atom is -0.461 e. The Morgan fingerprint density at radius 2 is 1.49 bits per heavy atom. The smallest absolute Gasteiger partial charge is 0.461 e. The molecule has 0 fully saturated rings. The van der Waals surface area contributed by atoms with Crippen LogP contribution in [-0.4, -0.2) is 29.4 Å². The van der Waals surface area contributed by atoms with E-state index in [-0.39, 0.29) is 30.5 Å². The summed E-state index contributed by atoms with van der Waals surface area (Å²) in [6.07, 6.45) is -4.84. The maximum atomic E-state index is 13.6. The molecule has 0 radical (unpaired) electrons. The Morgan fingerprint density at radius 3 is 2.18 bits per heavy atom.